The van der Waals surface area contributed by atoms with Crippen molar-refractivity contribution in [3.05, 3.63) is 41.5 Å². The Balaban J connectivity index is 1.52. The average molecular weight is 326 g/mol. The highest BCUT2D eigenvalue weighted by Crippen LogP contribution is 2.22. The molecule has 1 aromatic carbocycles. The predicted molar refractivity (Wildman–Crippen MR) is 91.2 cm³/mol. The zero-order valence-corrected chi connectivity index (χ0v) is 13.6. The number of imide groups is 1. The molecule has 0 unspecified atom stereocenters. The summed E-state index contributed by atoms with van der Waals surface area (Å²) in [6, 6.07) is 7.48. The Morgan fingerprint density at radius 3 is 2.58 bits per heavy atom. The van der Waals surface area contributed by atoms with Crippen LogP contribution in [0, 0.1) is 5.92 Å². The summed E-state index contributed by atoms with van der Waals surface area (Å²) in [6.45, 7) is 0. The minimum atomic E-state index is -0.281. The lowest BCUT2D eigenvalue weighted by Gasteiger charge is -2.13. The van der Waals surface area contributed by atoms with Crippen LogP contribution in [-0.2, 0) is 20.8 Å². The van der Waals surface area contributed by atoms with E-state index in [9.17, 15) is 14.4 Å². The molecule has 1 aromatic rings. The topological polar surface area (TPSA) is 75.3 Å². The van der Waals surface area contributed by atoms with Gasteiger partial charge < -0.3 is 5.32 Å². The van der Waals surface area contributed by atoms with E-state index in [2.05, 4.69) is 16.7 Å². The molecular formula is C19H22N2O3. The SMILES string of the molecule is O=C1C[C@@H](Cc2ccc(NC(=O)CC3=CCCCC3)cc2)C(=O)N1. The first-order valence-corrected chi connectivity index (χ1v) is 8.50. The second-order valence-corrected chi connectivity index (χ2v) is 6.55. The number of hydrogen-bond acceptors (Lipinski definition) is 3. The number of carbonyl (C=O) groups is 3. The first kappa shape index (κ1) is 16.4. The summed E-state index contributed by atoms with van der Waals surface area (Å²) in [5, 5.41) is 5.24. The number of nitrogens with one attached hydrogen (secondary N) is 2. The molecule has 1 fully saturated rings. The summed E-state index contributed by atoms with van der Waals surface area (Å²) in [5.74, 6) is -0.670. The van der Waals surface area contributed by atoms with Crippen molar-refractivity contribution in [3.63, 3.8) is 0 Å². The summed E-state index contributed by atoms with van der Waals surface area (Å²) in [4.78, 5) is 34.9. The lowest BCUT2D eigenvalue weighted by atomic mass is 9.97. The van der Waals surface area contributed by atoms with E-state index >= 15 is 0 Å². The van der Waals surface area contributed by atoms with Gasteiger partial charge in [-0.15, -0.1) is 0 Å². The van der Waals surface area contributed by atoms with Gasteiger partial charge in [-0.1, -0.05) is 23.8 Å². The van der Waals surface area contributed by atoms with Crippen LogP contribution in [0.3, 0.4) is 0 Å². The molecule has 2 N–H and O–H groups in total. The molecule has 2 aliphatic rings. The Labute approximate surface area is 141 Å². The zero-order chi connectivity index (χ0) is 16.9. The van der Waals surface area contributed by atoms with Gasteiger partial charge in [-0.3, -0.25) is 19.7 Å². The van der Waals surface area contributed by atoms with Gasteiger partial charge in [-0.25, -0.2) is 0 Å². The fourth-order valence-electron chi connectivity index (χ4n) is 3.26. The van der Waals surface area contributed by atoms with Crippen molar-refractivity contribution in [3.8, 4) is 0 Å². The molecule has 5 nitrogen and oxygen atoms in total. The minimum Gasteiger partial charge on any atom is -0.326 e. The third-order valence-electron chi connectivity index (χ3n) is 4.56. The van der Waals surface area contributed by atoms with E-state index in [-0.39, 0.29) is 30.1 Å². The summed E-state index contributed by atoms with van der Waals surface area (Å²) < 4.78 is 0. The van der Waals surface area contributed by atoms with Crippen LogP contribution < -0.4 is 10.6 Å². The second-order valence-electron chi connectivity index (χ2n) is 6.55. The molecule has 1 atom stereocenters. The van der Waals surface area contributed by atoms with Crippen molar-refractivity contribution in [2.45, 2.75) is 44.9 Å². The van der Waals surface area contributed by atoms with Gasteiger partial charge in [0.25, 0.3) is 0 Å². The van der Waals surface area contributed by atoms with E-state index in [1.54, 1.807) is 0 Å². The molecule has 3 rings (SSSR count). The molecule has 0 radical (unpaired) electrons. The standard InChI is InChI=1S/C19H22N2O3/c22-17(11-13-4-2-1-3-5-13)20-16-8-6-14(7-9-16)10-15-12-18(23)21-19(15)24/h4,6-9,15H,1-3,5,10-12H2,(H,20,22)(H,21,23,24)/t15-/m1/s1. The number of amides is 3. The molecule has 0 aromatic heterocycles. The van der Waals surface area contributed by atoms with Gasteiger partial charge in [0, 0.05) is 18.5 Å². The van der Waals surface area contributed by atoms with Gasteiger partial charge >= 0.3 is 0 Å². The molecule has 0 saturated carbocycles. The Kier molecular flexibility index (Phi) is 5.08. The summed E-state index contributed by atoms with van der Waals surface area (Å²) in [5.41, 5.74) is 2.97. The van der Waals surface area contributed by atoms with Crippen molar-refractivity contribution in [2.24, 2.45) is 5.92 Å². The number of anilines is 1. The molecule has 5 heteroatoms. The van der Waals surface area contributed by atoms with Crippen molar-refractivity contribution in [1.29, 1.82) is 0 Å². The number of benzene rings is 1. The van der Waals surface area contributed by atoms with Crippen LogP contribution in [0.15, 0.2) is 35.9 Å². The average Bonchev–Trinajstić information content (AvgIpc) is 2.87. The highest BCUT2D eigenvalue weighted by molar-refractivity contribution is 6.03. The highest BCUT2D eigenvalue weighted by Gasteiger charge is 2.30. The Bertz CT molecular complexity index is 676. The van der Waals surface area contributed by atoms with Crippen LogP contribution in [0.5, 0.6) is 0 Å². The normalized spacial score (nSPS) is 20.5. The molecule has 3 amide bonds. The Hall–Kier alpha value is -2.43. The van der Waals surface area contributed by atoms with E-state index in [4.69, 9.17) is 0 Å². The largest absolute Gasteiger partial charge is 0.326 e. The fourth-order valence-corrected chi connectivity index (χ4v) is 3.26. The molecule has 1 aliphatic heterocycles. The van der Waals surface area contributed by atoms with E-state index in [1.807, 2.05) is 24.3 Å². The van der Waals surface area contributed by atoms with Crippen molar-refractivity contribution < 1.29 is 14.4 Å². The van der Waals surface area contributed by atoms with E-state index < -0.39 is 0 Å². The third kappa shape index (κ3) is 4.31. The lowest BCUT2D eigenvalue weighted by Crippen LogP contribution is -2.22. The zero-order valence-electron chi connectivity index (χ0n) is 13.6. The molecule has 24 heavy (non-hydrogen) atoms. The minimum absolute atomic E-state index is 0.0108. The van der Waals surface area contributed by atoms with Gasteiger partial charge in [0.15, 0.2) is 0 Å². The molecule has 1 saturated heterocycles. The quantitative estimate of drug-likeness (QED) is 0.645. The smallest absolute Gasteiger partial charge is 0.230 e. The molecule has 0 spiro atoms. The molecule has 0 bridgehead atoms. The summed E-state index contributed by atoms with van der Waals surface area (Å²) in [6.07, 6.45) is 7.93. The molecule has 1 aliphatic carbocycles. The third-order valence-corrected chi connectivity index (χ3v) is 4.56. The van der Waals surface area contributed by atoms with Crippen LogP contribution in [0.1, 0.15) is 44.1 Å². The van der Waals surface area contributed by atoms with Gasteiger partial charge in [0.1, 0.15) is 0 Å². The maximum Gasteiger partial charge on any atom is 0.230 e. The molecule has 1 heterocycles. The van der Waals surface area contributed by atoms with Gasteiger partial charge in [0.2, 0.25) is 17.7 Å². The van der Waals surface area contributed by atoms with Crippen LogP contribution in [0.25, 0.3) is 0 Å². The number of rotatable bonds is 5. The Morgan fingerprint density at radius 2 is 1.96 bits per heavy atom. The fraction of sp³-hybridized carbons (Fsp3) is 0.421. The van der Waals surface area contributed by atoms with E-state index in [0.717, 1.165) is 24.1 Å². The maximum absolute atomic E-state index is 12.1. The van der Waals surface area contributed by atoms with Gasteiger partial charge in [-0.2, -0.15) is 0 Å². The first-order valence-electron chi connectivity index (χ1n) is 8.50. The van der Waals surface area contributed by atoms with Crippen molar-refractivity contribution in [2.75, 3.05) is 5.32 Å². The van der Waals surface area contributed by atoms with Crippen molar-refractivity contribution >= 4 is 23.4 Å². The predicted octanol–water partition coefficient (Wildman–Crippen LogP) is 2.72. The monoisotopic (exact) mass is 326 g/mol. The van der Waals surface area contributed by atoms with E-state index in [0.29, 0.717) is 12.8 Å². The van der Waals surface area contributed by atoms with Crippen LogP contribution in [-0.4, -0.2) is 17.7 Å². The second kappa shape index (κ2) is 7.43. The van der Waals surface area contributed by atoms with Crippen LogP contribution >= 0.6 is 0 Å². The Morgan fingerprint density at radius 1 is 1.17 bits per heavy atom. The molecular weight excluding hydrogens is 304 g/mol. The van der Waals surface area contributed by atoms with Gasteiger partial charge in [-0.05, 0) is 49.8 Å². The molecule has 126 valence electrons. The van der Waals surface area contributed by atoms with Crippen LogP contribution in [0.2, 0.25) is 0 Å². The summed E-state index contributed by atoms with van der Waals surface area (Å²) in [7, 11) is 0. The maximum atomic E-state index is 12.1. The van der Waals surface area contributed by atoms with Gasteiger partial charge in [0.05, 0.1) is 5.92 Å². The number of allylic oxidation sites excluding steroid dienone is 1. The first-order chi connectivity index (χ1) is 11.6. The highest BCUT2D eigenvalue weighted by atomic mass is 16.2. The van der Waals surface area contributed by atoms with Crippen LogP contribution in [0.4, 0.5) is 5.69 Å². The number of carbonyl (C=O) groups excluding carboxylic acids is 3. The number of hydrogen-bond donors (Lipinski definition) is 2. The lowest BCUT2D eigenvalue weighted by molar-refractivity contribution is -0.125. The van der Waals surface area contributed by atoms with Crippen molar-refractivity contribution in [1.82, 2.24) is 5.32 Å². The summed E-state index contributed by atoms with van der Waals surface area (Å²) >= 11 is 0. The van der Waals surface area contributed by atoms with E-state index in [1.165, 1.54) is 18.4 Å².